The molecule has 2 amide bonds. The Morgan fingerprint density at radius 2 is 2.05 bits per heavy atom. The molecule has 1 N–H and O–H groups in total. The van der Waals surface area contributed by atoms with E-state index in [2.05, 4.69) is 5.32 Å². The molecular weight excluding hydrogens is 280 g/mol. The normalized spacial score (nSPS) is 18.9. The molecule has 1 aromatic carbocycles. The second kappa shape index (κ2) is 6.48. The predicted molar refractivity (Wildman–Crippen MR) is 85.8 cm³/mol. The molecule has 1 aliphatic rings. The average Bonchev–Trinajstić information content (AvgIpc) is 2.46. The van der Waals surface area contributed by atoms with E-state index in [0.29, 0.717) is 31.0 Å². The minimum absolute atomic E-state index is 0.0253. The van der Waals surface area contributed by atoms with E-state index < -0.39 is 5.41 Å². The summed E-state index contributed by atoms with van der Waals surface area (Å²) in [6.45, 7) is 9.26. The van der Waals surface area contributed by atoms with E-state index in [1.54, 1.807) is 24.3 Å². The summed E-state index contributed by atoms with van der Waals surface area (Å²) < 4.78 is 5.36. The van der Waals surface area contributed by atoms with Crippen LogP contribution in [-0.2, 0) is 9.53 Å². The maximum absolute atomic E-state index is 12.6. The number of anilines is 1. The van der Waals surface area contributed by atoms with Crippen LogP contribution < -0.4 is 5.32 Å². The van der Waals surface area contributed by atoms with Crippen LogP contribution in [-0.4, -0.2) is 42.5 Å². The van der Waals surface area contributed by atoms with Gasteiger partial charge in [0.05, 0.1) is 19.3 Å². The fourth-order valence-electron chi connectivity index (χ4n) is 2.24. The minimum atomic E-state index is -0.473. The number of benzene rings is 1. The monoisotopic (exact) mass is 304 g/mol. The molecule has 2 rings (SSSR count). The van der Waals surface area contributed by atoms with Gasteiger partial charge in [0.25, 0.3) is 5.91 Å². The molecule has 1 fully saturated rings. The van der Waals surface area contributed by atoms with Crippen molar-refractivity contribution in [2.75, 3.05) is 25.1 Å². The van der Waals surface area contributed by atoms with Gasteiger partial charge in [0.2, 0.25) is 5.91 Å². The highest BCUT2D eigenvalue weighted by atomic mass is 16.5. The molecule has 1 saturated heterocycles. The Hall–Kier alpha value is -1.88. The molecule has 0 radical (unpaired) electrons. The van der Waals surface area contributed by atoms with Gasteiger partial charge in [0.15, 0.2) is 0 Å². The highest BCUT2D eigenvalue weighted by molar-refractivity contribution is 5.98. The third-order valence-corrected chi connectivity index (χ3v) is 3.68. The average molecular weight is 304 g/mol. The molecule has 22 heavy (non-hydrogen) atoms. The van der Waals surface area contributed by atoms with Gasteiger partial charge in [0, 0.05) is 23.2 Å². The molecule has 0 saturated carbocycles. The summed E-state index contributed by atoms with van der Waals surface area (Å²) in [7, 11) is 0. The Bertz CT molecular complexity index is 563. The molecule has 1 atom stereocenters. The van der Waals surface area contributed by atoms with Crippen molar-refractivity contribution in [3.63, 3.8) is 0 Å². The third-order valence-electron chi connectivity index (χ3n) is 3.68. The zero-order chi connectivity index (χ0) is 16.3. The first-order valence-electron chi connectivity index (χ1n) is 7.59. The predicted octanol–water partition coefficient (Wildman–Crippen LogP) is 2.53. The molecule has 1 aromatic rings. The van der Waals surface area contributed by atoms with Crippen LogP contribution in [0, 0.1) is 5.41 Å². The van der Waals surface area contributed by atoms with Crippen molar-refractivity contribution >= 4 is 17.5 Å². The summed E-state index contributed by atoms with van der Waals surface area (Å²) in [6.07, 6.45) is 0. The summed E-state index contributed by atoms with van der Waals surface area (Å²) in [4.78, 5) is 26.5. The number of nitrogens with one attached hydrogen (secondary N) is 1. The maximum Gasteiger partial charge on any atom is 0.254 e. The lowest BCUT2D eigenvalue weighted by molar-refractivity contribution is -0.123. The molecule has 120 valence electrons. The lowest BCUT2D eigenvalue weighted by Crippen LogP contribution is -2.47. The summed E-state index contributed by atoms with van der Waals surface area (Å²) in [5.41, 5.74) is 0.755. The van der Waals surface area contributed by atoms with Crippen LogP contribution in [0.2, 0.25) is 0 Å². The Balaban J connectivity index is 2.14. The molecule has 0 bridgehead atoms. The first-order valence-corrected chi connectivity index (χ1v) is 7.59. The lowest BCUT2D eigenvalue weighted by Gasteiger charge is -2.33. The fourth-order valence-corrected chi connectivity index (χ4v) is 2.24. The number of nitrogens with zero attached hydrogens (tertiary/aromatic N) is 1. The van der Waals surface area contributed by atoms with E-state index in [-0.39, 0.29) is 17.9 Å². The Kier molecular flexibility index (Phi) is 4.86. The van der Waals surface area contributed by atoms with Crippen molar-refractivity contribution in [3.05, 3.63) is 29.8 Å². The van der Waals surface area contributed by atoms with Crippen LogP contribution in [0.4, 0.5) is 5.69 Å². The van der Waals surface area contributed by atoms with Gasteiger partial charge in [-0.2, -0.15) is 0 Å². The van der Waals surface area contributed by atoms with Gasteiger partial charge in [-0.3, -0.25) is 9.59 Å². The van der Waals surface area contributed by atoms with Gasteiger partial charge < -0.3 is 15.0 Å². The van der Waals surface area contributed by atoms with E-state index in [1.165, 1.54) is 0 Å². The van der Waals surface area contributed by atoms with E-state index in [9.17, 15) is 9.59 Å². The van der Waals surface area contributed by atoms with Gasteiger partial charge in [-0.25, -0.2) is 0 Å². The van der Waals surface area contributed by atoms with Crippen molar-refractivity contribution in [3.8, 4) is 0 Å². The first-order chi connectivity index (χ1) is 10.3. The van der Waals surface area contributed by atoms with Crippen molar-refractivity contribution in [1.82, 2.24) is 4.90 Å². The second-order valence-corrected chi connectivity index (χ2v) is 6.71. The topological polar surface area (TPSA) is 58.6 Å². The lowest BCUT2D eigenvalue weighted by atomic mass is 9.95. The van der Waals surface area contributed by atoms with E-state index in [1.807, 2.05) is 32.6 Å². The highest BCUT2D eigenvalue weighted by Crippen LogP contribution is 2.19. The number of hydrogen-bond acceptors (Lipinski definition) is 3. The van der Waals surface area contributed by atoms with Gasteiger partial charge in [0.1, 0.15) is 0 Å². The van der Waals surface area contributed by atoms with Crippen LogP contribution in [0.25, 0.3) is 0 Å². The number of rotatable bonds is 2. The van der Waals surface area contributed by atoms with Gasteiger partial charge in [-0.05, 0) is 25.1 Å². The van der Waals surface area contributed by atoms with Crippen LogP contribution >= 0.6 is 0 Å². The van der Waals surface area contributed by atoms with Crippen molar-refractivity contribution < 1.29 is 14.3 Å². The SMILES string of the molecule is CC1COCCN1C(=O)c1cccc(NC(=O)C(C)(C)C)c1. The zero-order valence-corrected chi connectivity index (χ0v) is 13.7. The number of carbonyl (C=O) groups excluding carboxylic acids is 2. The Morgan fingerprint density at radius 3 is 2.68 bits per heavy atom. The van der Waals surface area contributed by atoms with Gasteiger partial charge >= 0.3 is 0 Å². The fraction of sp³-hybridized carbons (Fsp3) is 0.529. The second-order valence-electron chi connectivity index (χ2n) is 6.71. The van der Waals surface area contributed by atoms with Crippen molar-refractivity contribution in [1.29, 1.82) is 0 Å². The molecule has 5 nitrogen and oxygen atoms in total. The molecule has 1 heterocycles. The van der Waals surface area contributed by atoms with Gasteiger partial charge in [-0.1, -0.05) is 26.8 Å². The molecule has 1 aliphatic heterocycles. The maximum atomic E-state index is 12.6. The standard InChI is InChI=1S/C17H24N2O3/c1-12-11-22-9-8-19(12)15(20)13-6-5-7-14(10-13)18-16(21)17(2,3)4/h5-7,10,12H,8-9,11H2,1-4H3,(H,18,21). The van der Waals surface area contributed by atoms with Crippen molar-refractivity contribution in [2.45, 2.75) is 33.7 Å². The quantitative estimate of drug-likeness (QED) is 0.913. The number of hydrogen-bond donors (Lipinski definition) is 1. The van der Waals surface area contributed by atoms with Crippen LogP contribution in [0.3, 0.4) is 0 Å². The van der Waals surface area contributed by atoms with Crippen LogP contribution in [0.5, 0.6) is 0 Å². The summed E-state index contributed by atoms with van der Waals surface area (Å²) in [6, 6.07) is 7.15. The largest absolute Gasteiger partial charge is 0.377 e. The van der Waals surface area contributed by atoms with Gasteiger partial charge in [-0.15, -0.1) is 0 Å². The van der Waals surface area contributed by atoms with Crippen LogP contribution in [0.1, 0.15) is 38.1 Å². The molecule has 5 heteroatoms. The Morgan fingerprint density at radius 1 is 1.32 bits per heavy atom. The van der Waals surface area contributed by atoms with Crippen LogP contribution in [0.15, 0.2) is 24.3 Å². The number of ether oxygens (including phenoxy) is 1. The van der Waals surface area contributed by atoms with E-state index in [0.717, 1.165) is 0 Å². The highest BCUT2D eigenvalue weighted by Gasteiger charge is 2.25. The molecule has 0 aliphatic carbocycles. The van der Waals surface area contributed by atoms with Crippen molar-refractivity contribution in [2.24, 2.45) is 5.41 Å². The number of amides is 2. The van der Waals surface area contributed by atoms with E-state index >= 15 is 0 Å². The summed E-state index contributed by atoms with van der Waals surface area (Å²) >= 11 is 0. The Labute approximate surface area is 131 Å². The zero-order valence-electron chi connectivity index (χ0n) is 13.7. The first kappa shape index (κ1) is 16.5. The third kappa shape index (κ3) is 3.85. The van der Waals surface area contributed by atoms with E-state index in [4.69, 9.17) is 4.74 Å². The molecule has 0 aromatic heterocycles. The molecule has 0 spiro atoms. The summed E-state index contributed by atoms with van der Waals surface area (Å²) in [5.74, 6) is -0.0977. The molecule has 1 unspecified atom stereocenters. The minimum Gasteiger partial charge on any atom is -0.377 e. The summed E-state index contributed by atoms with van der Waals surface area (Å²) in [5, 5.41) is 2.86. The number of morpholine rings is 1. The number of carbonyl (C=O) groups is 2. The molecular formula is C17H24N2O3. The smallest absolute Gasteiger partial charge is 0.254 e.